The second kappa shape index (κ2) is 8.10. The largest absolute Gasteiger partial charge is 0.490 e. The number of carbonyl (C=O) groups is 1. The molecule has 0 atom stereocenters. The highest BCUT2D eigenvalue weighted by molar-refractivity contribution is 6.30. The van der Waals surface area contributed by atoms with Crippen LogP contribution < -0.4 is 10.1 Å². The van der Waals surface area contributed by atoms with Crippen molar-refractivity contribution in [3.8, 4) is 5.75 Å². The smallest absolute Gasteiger partial charge is 0.311 e. The van der Waals surface area contributed by atoms with Gasteiger partial charge in [0.15, 0.2) is 11.6 Å². The molecule has 0 spiro atoms. The van der Waals surface area contributed by atoms with Crippen molar-refractivity contribution in [2.24, 2.45) is 0 Å². The van der Waals surface area contributed by atoms with E-state index in [0.29, 0.717) is 17.4 Å². The average molecular weight is 401 g/mol. The van der Waals surface area contributed by atoms with Gasteiger partial charge in [-0.15, -0.1) is 0 Å². The molecular weight excluding hydrogens is 384 g/mol. The zero-order chi connectivity index (χ0) is 20.3. The molecule has 8 nitrogen and oxygen atoms in total. The third-order valence-electron chi connectivity index (χ3n) is 4.11. The molecule has 1 heterocycles. The maximum absolute atomic E-state index is 12.5. The first kappa shape index (κ1) is 19.4. The monoisotopic (exact) mass is 400 g/mol. The standard InChI is InChI=1S/C19H17ClN4O4/c1-12-9-18(22-23(12)11-13-3-6-15(20)7-4-13)21-19(25)14-5-8-17(28-2)16(10-14)24(26)27/h3-10H,11H2,1-2H3,(H,21,22,25). The first-order valence-corrected chi connectivity index (χ1v) is 8.68. The Kier molecular flexibility index (Phi) is 5.60. The molecule has 0 saturated heterocycles. The number of aromatic nitrogens is 2. The summed E-state index contributed by atoms with van der Waals surface area (Å²) >= 11 is 5.90. The number of amides is 1. The first-order chi connectivity index (χ1) is 13.4. The van der Waals surface area contributed by atoms with Gasteiger partial charge in [-0.3, -0.25) is 19.6 Å². The number of nitrogens with zero attached hydrogens (tertiary/aromatic N) is 3. The number of halogens is 1. The molecule has 1 amide bonds. The normalized spacial score (nSPS) is 10.5. The summed E-state index contributed by atoms with van der Waals surface area (Å²) < 4.78 is 6.69. The van der Waals surface area contributed by atoms with E-state index in [1.807, 2.05) is 19.1 Å². The fourth-order valence-corrected chi connectivity index (χ4v) is 2.78. The van der Waals surface area contributed by atoms with Crippen molar-refractivity contribution >= 4 is 29.0 Å². The van der Waals surface area contributed by atoms with Crippen LogP contribution in [0.1, 0.15) is 21.6 Å². The van der Waals surface area contributed by atoms with Crippen molar-refractivity contribution < 1.29 is 14.5 Å². The molecule has 0 aliphatic carbocycles. The number of benzene rings is 2. The summed E-state index contributed by atoms with van der Waals surface area (Å²) in [5.41, 5.74) is 1.72. The van der Waals surface area contributed by atoms with E-state index in [9.17, 15) is 14.9 Å². The van der Waals surface area contributed by atoms with Crippen LogP contribution >= 0.6 is 11.6 Å². The lowest BCUT2D eigenvalue weighted by atomic mass is 10.1. The molecule has 3 aromatic rings. The molecule has 1 N–H and O–H groups in total. The Hall–Kier alpha value is -3.39. The molecule has 0 aliphatic rings. The van der Waals surface area contributed by atoms with Crippen LogP contribution in [0.2, 0.25) is 5.02 Å². The van der Waals surface area contributed by atoms with Gasteiger partial charge in [0.2, 0.25) is 0 Å². The van der Waals surface area contributed by atoms with Crippen molar-refractivity contribution in [3.63, 3.8) is 0 Å². The summed E-state index contributed by atoms with van der Waals surface area (Å²) in [7, 11) is 1.33. The van der Waals surface area contributed by atoms with Crippen molar-refractivity contribution in [3.05, 3.63) is 80.5 Å². The molecule has 0 radical (unpaired) electrons. The summed E-state index contributed by atoms with van der Waals surface area (Å²) in [6, 6.07) is 13.1. The summed E-state index contributed by atoms with van der Waals surface area (Å²) in [6.45, 7) is 2.39. The zero-order valence-electron chi connectivity index (χ0n) is 15.2. The van der Waals surface area contributed by atoms with Crippen LogP contribution in [0.15, 0.2) is 48.5 Å². The summed E-state index contributed by atoms with van der Waals surface area (Å²) in [5, 5.41) is 18.8. The minimum Gasteiger partial charge on any atom is -0.490 e. The van der Waals surface area contributed by atoms with E-state index in [1.54, 1.807) is 22.9 Å². The Bertz CT molecular complexity index is 1030. The van der Waals surface area contributed by atoms with Crippen LogP contribution in [-0.4, -0.2) is 27.7 Å². The van der Waals surface area contributed by atoms with Crippen molar-refractivity contribution in [1.82, 2.24) is 9.78 Å². The zero-order valence-corrected chi connectivity index (χ0v) is 15.9. The van der Waals surface area contributed by atoms with E-state index in [4.69, 9.17) is 16.3 Å². The van der Waals surface area contributed by atoms with Crippen LogP contribution in [0.4, 0.5) is 11.5 Å². The quantitative estimate of drug-likeness (QED) is 0.496. The summed E-state index contributed by atoms with van der Waals surface area (Å²) in [4.78, 5) is 23.0. The van der Waals surface area contributed by atoms with Gasteiger partial charge < -0.3 is 10.1 Å². The third kappa shape index (κ3) is 4.29. The summed E-state index contributed by atoms with van der Waals surface area (Å²) in [5.74, 6) is -0.0542. The molecule has 0 unspecified atom stereocenters. The second-order valence-corrected chi connectivity index (χ2v) is 6.49. The number of methoxy groups -OCH3 is 1. The molecule has 3 rings (SSSR count). The number of hydrogen-bond donors (Lipinski definition) is 1. The predicted molar refractivity (Wildman–Crippen MR) is 105 cm³/mol. The van der Waals surface area contributed by atoms with Crippen LogP contribution in [0.3, 0.4) is 0 Å². The highest BCUT2D eigenvalue weighted by Gasteiger charge is 2.19. The Morgan fingerprint density at radius 3 is 2.61 bits per heavy atom. The predicted octanol–water partition coefficient (Wildman–Crippen LogP) is 4.06. The van der Waals surface area contributed by atoms with E-state index in [2.05, 4.69) is 10.4 Å². The minimum atomic E-state index is -0.597. The number of anilines is 1. The van der Waals surface area contributed by atoms with Crippen molar-refractivity contribution in [1.29, 1.82) is 0 Å². The van der Waals surface area contributed by atoms with E-state index < -0.39 is 10.8 Å². The SMILES string of the molecule is COc1ccc(C(=O)Nc2cc(C)n(Cc3ccc(Cl)cc3)n2)cc1[N+](=O)[O-]. The number of hydrogen-bond acceptors (Lipinski definition) is 5. The number of ether oxygens (including phenoxy) is 1. The van der Waals surface area contributed by atoms with Gasteiger partial charge in [-0.2, -0.15) is 5.10 Å². The Labute approximate surface area is 165 Å². The number of nitro groups is 1. The molecule has 1 aromatic heterocycles. The van der Waals surface area contributed by atoms with Gasteiger partial charge in [0, 0.05) is 28.4 Å². The van der Waals surface area contributed by atoms with Crippen LogP contribution in [0.5, 0.6) is 5.75 Å². The van der Waals surface area contributed by atoms with Gasteiger partial charge in [0.1, 0.15) is 0 Å². The highest BCUT2D eigenvalue weighted by Crippen LogP contribution is 2.27. The lowest BCUT2D eigenvalue weighted by Crippen LogP contribution is -2.13. The molecule has 0 bridgehead atoms. The lowest BCUT2D eigenvalue weighted by Gasteiger charge is -2.06. The number of nitro benzene ring substituents is 1. The van der Waals surface area contributed by atoms with Crippen LogP contribution in [0.25, 0.3) is 0 Å². The topological polar surface area (TPSA) is 99.3 Å². The van der Waals surface area contributed by atoms with Gasteiger partial charge in [-0.25, -0.2) is 0 Å². The lowest BCUT2D eigenvalue weighted by molar-refractivity contribution is -0.385. The van der Waals surface area contributed by atoms with Gasteiger partial charge in [-0.05, 0) is 36.8 Å². The van der Waals surface area contributed by atoms with Crippen LogP contribution in [0, 0.1) is 17.0 Å². The Morgan fingerprint density at radius 1 is 1.25 bits per heavy atom. The fraction of sp³-hybridized carbons (Fsp3) is 0.158. The third-order valence-corrected chi connectivity index (χ3v) is 4.36. The number of carbonyl (C=O) groups excluding carboxylic acids is 1. The molecule has 2 aromatic carbocycles. The number of aryl methyl sites for hydroxylation is 1. The fourth-order valence-electron chi connectivity index (χ4n) is 2.66. The van der Waals surface area contributed by atoms with Crippen molar-refractivity contribution in [2.45, 2.75) is 13.5 Å². The van der Waals surface area contributed by atoms with Crippen molar-refractivity contribution in [2.75, 3.05) is 12.4 Å². The molecule has 0 aliphatic heterocycles. The minimum absolute atomic E-state index is 0.0876. The molecule has 144 valence electrons. The average Bonchev–Trinajstić information content (AvgIpc) is 3.01. The van der Waals surface area contributed by atoms with E-state index in [-0.39, 0.29) is 17.0 Å². The second-order valence-electron chi connectivity index (χ2n) is 6.05. The van der Waals surface area contributed by atoms with E-state index >= 15 is 0 Å². The number of rotatable bonds is 6. The molecular formula is C19H17ClN4O4. The van der Waals surface area contributed by atoms with Gasteiger partial charge in [0.05, 0.1) is 18.6 Å². The summed E-state index contributed by atoms with van der Waals surface area (Å²) in [6.07, 6.45) is 0. The maximum Gasteiger partial charge on any atom is 0.311 e. The van der Waals surface area contributed by atoms with Crippen LogP contribution in [-0.2, 0) is 6.54 Å². The van der Waals surface area contributed by atoms with E-state index in [0.717, 1.165) is 11.3 Å². The molecule has 9 heteroatoms. The Balaban J connectivity index is 1.77. The Morgan fingerprint density at radius 2 is 1.96 bits per heavy atom. The molecule has 0 saturated carbocycles. The molecule has 28 heavy (non-hydrogen) atoms. The number of nitrogens with one attached hydrogen (secondary N) is 1. The van der Waals surface area contributed by atoms with Gasteiger partial charge in [-0.1, -0.05) is 23.7 Å². The van der Waals surface area contributed by atoms with Gasteiger partial charge in [0.25, 0.3) is 5.91 Å². The van der Waals surface area contributed by atoms with E-state index in [1.165, 1.54) is 25.3 Å². The van der Waals surface area contributed by atoms with Gasteiger partial charge >= 0.3 is 5.69 Å². The first-order valence-electron chi connectivity index (χ1n) is 8.30. The molecule has 0 fully saturated rings. The highest BCUT2D eigenvalue weighted by atomic mass is 35.5. The maximum atomic E-state index is 12.5.